The quantitative estimate of drug-likeness (QED) is 0.815. The summed E-state index contributed by atoms with van der Waals surface area (Å²) in [5, 5.41) is 2.72. The molecule has 0 heterocycles. The van der Waals surface area contributed by atoms with Crippen LogP contribution >= 0.6 is 0 Å². The van der Waals surface area contributed by atoms with Gasteiger partial charge in [0, 0.05) is 12.2 Å². The second kappa shape index (κ2) is 6.91. The number of benzene rings is 1. The Morgan fingerprint density at radius 1 is 1.33 bits per heavy atom. The summed E-state index contributed by atoms with van der Waals surface area (Å²) in [6, 6.07) is 5.73. The van der Waals surface area contributed by atoms with Gasteiger partial charge in [0.2, 0.25) is 5.91 Å². The van der Waals surface area contributed by atoms with Crippen LogP contribution in [0.2, 0.25) is 0 Å². The Bertz CT molecular complexity index is 422. The Kier molecular flexibility index (Phi) is 5.52. The number of hydrogen-bond acceptors (Lipinski definition) is 2. The smallest absolute Gasteiger partial charge is 0.238 e. The lowest BCUT2D eigenvalue weighted by Crippen LogP contribution is -2.30. The predicted molar refractivity (Wildman–Crippen MR) is 72.0 cm³/mol. The second-order valence-electron chi connectivity index (χ2n) is 4.53. The zero-order valence-electron chi connectivity index (χ0n) is 11.0. The van der Waals surface area contributed by atoms with Gasteiger partial charge in [-0.05, 0) is 45.2 Å². The summed E-state index contributed by atoms with van der Waals surface area (Å²) >= 11 is 0. The highest BCUT2D eigenvalue weighted by Gasteiger charge is 2.05. The molecule has 0 aromatic heterocycles. The summed E-state index contributed by atoms with van der Waals surface area (Å²) < 4.78 is 12.7. The number of likely N-dealkylation sites (N-methyl/N-ethyl adjacent to an activating group) is 1. The molecule has 0 bridgehead atoms. The van der Waals surface area contributed by atoms with Crippen LogP contribution in [-0.4, -0.2) is 30.9 Å². The number of allylic oxidation sites excluding steroid dienone is 1. The van der Waals surface area contributed by atoms with Gasteiger partial charge in [-0.25, -0.2) is 4.39 Å². The maximum atomic E-state index is 12.7. The number of nitrogens with zero attached hydrogens (tertiary/aromatic N) is 1. The average Bonchev–Trinajstić information content (AvgIpc) is 2.29. The standard InChI is InChI=1S/C14H19FN2O/c1-11(2)8-9-17(3)10-14(18)16-13-6-4-12(15)5-7-13/h4-8H,9-10H2,1-3H3,(H,16,18). The maximum Gasteiger partial charge on any atom is 0.238 e. The molecule has 1 aromatic rings. The van der Waals surface area contributed by atoms with Gasteiger partial charge in [0.15, 0.2) is 0 Å². The summed E-state index contributed by atoms with van der Waals surface area (Å²) in [5.41, 5.74) is 1.83. The molecule has 1 aromatic carbocycles. The number of carbonyl (C=O) groups excluding carboxylic acids is 1. The van der Waals surface area contributed by atoms with E-state index in [-0.39, 0.29) is 11.7 Å². The highest BCUT2D eigenvalue weighted by atomic mass is 19.1. The van der Waals surface area contributed by atoms with E-state index in [9.17, 15) is 9.18 Å². The van der Waals surface area contributed by atoms with Gasteiger partial charge in [-0.15, -0.1) is 0 Å². The first-order valence-corrected chi connectivity index (χ1v) is 5.84. The molecule has 18 heavy (non-hydrogen) atoms. The van der Waals surface area contributed by atoms with Gasteiger partial charge in [-0.1, -0.05) is 11.6 Å². The molecule has 0 radical (unpaired) electrons. The fraction of sp³-hybridized carbons (Fsp3) is 0.357. The third kappa shape index (κ3) is 5.59. The van der Waals surface area contributed by atoms with E-state index in [4.69, 9.17) is 0 Å². The molecule has 0 spiro atoms. The predicted octanol–water partition coefficient (Wildman–Crippen LogP) is 2.66. The van der Waals surface area contributed by atoms with Crippen LogP contribution in [-0.2, 0) is 4.79 Å². The van der Waals surface area contributed by atoms with Gasteiger partial charge in [-0.3, -0.25) is 9.69 Å². The van der Waals surface area contributed by atoms with Gasteiger partial charge in [0.25, 0.3) is 0 Å². The van der Waals surface area contributed by atoms with Crippen molar-refractivity contribution in [2.45, 2.75) is 13.8 Å². The molecule has 0 saturated carbocycles. The third-order valence-corrected chi connectivity index (χ3v) is 2.35. The van der Waals surface area contributed by atoms with Crippen molar-refractivity contribution >= 4 is 11.6 Å². The van der Waals surface area contributed by atoms with Gasteiger partial charge in [-0.2, -0.15) is 0 Å². The molecule has 98 valence electrons. The van der Waals surface area contributed by atoms with Crippen LogP contribution < -0.4 is 5.32 Å². The van der Waals surface area contributed by atoms with Crippen LogP contribution in [0, 0.1) is 5.82 Å². The van der Waals surface area contributed by atoms with Gasteiger partial charge in [0.05, 0.1) is 6.54 Å². The van der Waals surface area contributed by atoms with Crippen LogP contribution in [0.5, 0.6) is 0 Å². The van der Waals surface area contributed by atoms with E-state index in [1.165, 1.54) is 17.7 Å². The molecule has 3 nitrogen and oxygen atoms in total. The molecular weight excluding hydrogens is 231 g/mol. The Balaban J connectivity index is 2.41. The monoisotopic (exact) mass is 250 g/mol. The third-order valence-electron chi connectivity index (χ3n) is 2.35. The van der Waals surface area contributed by atoms with Crippen molar-refractivity contribution in [1.82, 2.24) is 4.90 Å². The van der Waals surface area contributed by atoms with E-state index in [1.807, 2.05) is 25.8 Å². The highest BCUT2D eigenvalue weighted by molar-refractivity contribution is 5.92. The molecular formula is C14H19FN2O. The molecule has 0 aliphatic heterocycles. The van der Waals surface area contributed by atoms with Gasteiger partial charge < -0.3 is 5.32 Å². The molecule has 0 atom stereocenters. The molecule has 4 heteroatoms. The van der Waals surface area contributed by atoms with Crippen LogP contribution in [0.3, 0.4) is 0 Å². The fourth-order valence-electron chi connectivity index (χ4n) is 1.38. The van der Waals surface area contributed by atoms with Crippen molar-refractivity contribution in [3.63, 3.8) is 0 Å². The largest absolute Gasteiger partial charge is 0.325 e. The summed E-state index contributed by atoms with van der Waals surface area (Å²) in [7, 11) is 1.88. The van der Waals surface area contributed by atoms with Crippen LogP contribution in [0.15, 0.2) is 35.9 Å². The first-order chi connectivity index (χ1) is 8.47. The lowest BCUT2D eigenvalue weighted by Gasteiger charge is -2.14. The Labute approximate surface area is 107 Å². The van der Waals surface area contributed by atoms with E-state index in [0.29, 0.717) is 12.2 Å². The van der Waals surface area contributed by atoms with Crippen LogP contribution in [0.1, 0.15) is 13.8 Å². The van der Waals surface area contributed by atoms with Crippen molar-refractivity contribution < 1.29 is 9.18 Å². The van der Waals surface area contributed by atoms with Crippen molar-refractivity contribution in [1.29, 1.82) is 0 Å². The molecule has 0 unspecified atom stereocenters. The molecule has 0 fully saturated rings. The number of anilines is 1. The SMILES string of the molecule is CC(C)=CCN(C)CC(=O)Nc1ccc(F)cc1. The van der Waals surface area contributed by atoms with E-state index in [2.05, 4.69) is 11.4 Å². The summed E-state index contributed by atoms with van der Waals surface area (Å²) in [6.45, 7) is 5.08. The fourth-order valence-corrected chi connectivity index (χ4v) is 1.38. The van der Waals surface area contributed by atoms with Crippen molar-refractivity contribution in [2.24, 2.45) is 0 Å². The maximum absolute atomic E-state index is 12.7. The Morgan fingerprint density at radius 2 is 1.94 bits per heavy atom. The number of nitrogens with one attached hydrogen (secondary N) is 1. The zero-order valence-corrected chi connectivity index (χ0v) is 11.0. The molecule has 1 N–H and O–H groups in total. The normalized spacial score (nSPS) is 10.3. The number of rotatable bonds is 5. The topological polar surface area (TPSA) is 32.3 Å². The molecule has 1 rings (SSSR count). The molecule has 0 aliphatic rings. The lowest BCUT2D eigenvalue weighted by atomic mass is 10.3. The average molecular weight is 250 g/mol. The Morgan fingerprint density at radius 3 is 2.50 bits per heavy atom. The first-order valence-electron chi connectivity index (χ1n) is 5.84. The summed E-state index contributed by atoms with van der Waals surface area (Å²) in [4.78, 5) is 13.6. The highest BCUT2D eigenvalue weighted by Crippen LogP contribution is 2.07. The molecule has 1 amide bonds. The van der Waals surface area contributed by atoms with Crippen molar-refractivity contribution in [3.05, 3.63) is 41.7 Å². The second-order valence-corrected chi connectivity index (χ2v) is 4.53. The van der Waals surface area contributed by atoms with Gasteiger partial charge in [0.1, 0.15) is 5.82 Å². The first kappa shape index (κ1) is 14.4. The van der Waals surface area contributed by atoms with Crippen molar-refractivity contribution in [2.75, 3.05) is 25.5 Å². The van der Waals surface area contributed by atoms with E-state index < -0.39 is 0 Å². The number of amides is 1. The minimum atomic E-state index is -0.311. The number of carbonyl (C=O) groups is 1. The van der Waals surface area contributed by atoms with Crippen LogP contribution in [0.4, 0.5) is 10.1 Å². The zero-order chi connectivity index (χ0) is 13.5. The lowest BCUT2D eigenvalue weighted by molar-refractivity contribution is -0.116. The van der Waals surface area contributed by atoms with Crippen LogP contribution in [0.25, 0.3) is 0 Å². The molecule has 0 saturated heterocycles. The van der Waals surface area contributed by atoms with E-state index in [1.54, 1.807) is 12.1 Å². The van der Waals surface area contributed by atoms with E-state index in [0.717, 1.165) is 6.54 Å². The minimum absolute atomic E-state index is 0.105. The Hall–Kier alpha value is -1.68. The van der Waals surface area contributed by atoms with Crippen molar-refractivity contribution in [3.8, 4) is 0 Å². The molecule has 0 aliphatic carbocycles. The summed E-state index contributed by atoms with van der Waals surface area (Å²) in [6.07, 6.45) is 2.06. The van der Waals surface area contributed by atoms with E-state index >= 15 is 0 Å². The summed E-state index contributed by atoms with van der Waals surface area (Å²) in [5.74, 6) is -0.417. The number of halogens is 1. The number of hydrogen-bond donors (Lipinski definition) is 1. The minimum Gasteiger partial charge on any atom is -0.325 e. The van der Waals surface area contributed by atoms with Gasteiger partial charge >= 0.3 is 0 Å².